The molecule has 3 aromatic carbocycles. The van der Waals surface area contributed by atoms with E-state index in [1.54, 1.807) is 36.3 Å². The van der Waals surface area contributed by atoms with E-state index in [1.807, 2.05) is 68.4 Å². The molecule has 2 atom stereocenters. The van der Waals surface area contributed by atoms with Crippen molar-refractivity contribution in [2.24, 2.45) is 0 Å². The van der Waals surface area contributed by atoms with Crippen molar-refractivity contribution in [2.45, 2.75) is 45.3 Å². The van der Waals surface area contributed by atoms with Crippen LogP contribution in [0.2, 0.25) is 5.02 Å². The van der Waals surface area contributed by atoms with E-state index in [0.717, 1.165) is 17.5 Å². The van der Waals surface area contributed by atoms with Crippen molar-refractivity contribution in [3.05, 3.63) is 95.0 Å². The van der Waals surface area contributed by atoms with E-state index in [-0.39, 0.29) is 31.0 Å². The van der Waals surface area contributed by atoms with Crippen molar-refractivity contribution in [2.75, 3.05) is 13.7 Å². The Morgan fingerprint density at radius 2 is 1.67 bits per heavy atom. The zero-order valence-corrected chi connectivity index (χ0v) is 21.7. The molecule has 0 radical (unpaired) electrons. The second-order valence-corrected chi connectivity index (χ2v) is 9.02. The predicted octanol–water partition coefficient (Wildman–Crippen LogP) is 5.28. The van der Waals surface area contributed by atoms with Crippen LogP contribution in [0.15, 0.2) is 78.9 Å². The van der Waals surface area contributed by atoms with Crippen molar-refractivity contribution >= 4 is 23.4 Å². The summed E-state index contributed by atoms with van der Waals surface area (Å²) in [5.41, 5.74) is 1.80. The first-order valence-electron chi connectivity index (χ1n) is 12.0. The highest BCUT2D eigenvalue weighted by Crippen LogP contribution is 2.24. The van der Waals surface area contributed by atoms with Crippen LogP contribution in [-0.2, 0) is 22.6 Å². The summed E-state index contributed by atoms with van der Waals surface area (Å²) in [5.74, 6) is 0.563. The van der Waals surface area contributed by atoms with Gasteiger partial charge in [0, 0.05) is 19.0 Å². The van der Waals surface area contributed by atoms with Gasteiger partial charge in [-0.2, -0.15) is 0 Å². The van der Waals surface area contributed by atoms with E-state index >= 15 is 0 Å². The number of ether oxygens (including phenoxy) is 2. The number of amides is 2. The summed E-state index contributed by atoms with van der Waals surface area (Å²) in [7, 11) is 1.59. The predicted molar refractivity (Wildman–Crippen MR) is 142 cm³/mol. The van der Waals surface area contributed by atoms with Crippen LogP contribution in [0, 0.1) is 0 Å². The zero-order valence-electron chi connectivity index (χ0n) is 20.9. The maximum atomic E-state index is 13.6. The van der Waals surface area contributed by atoms with E-state index in [4.69, 9.17) is 21.1 Å². The number of hydrogen-bond acceptors (Lipinski definition) is 4. The van der Waals surface area contributed by atoms with Gasteiger partial charge in [-0.25, -0.2) is 0 Å². The molecule has 0 aliphatic rings. The third-order valence-electron chi connectivity index (χ3n) is 5.95. The fourth-order valence-corrected chi connectivity index (χ4v) is 3.94. The lowest BCUT2D eigenvalue weighted by atomic mass is 10.0. The Kier molecular flexibility index (Phi) is 10.2. The van der Waals surface area contributed by atoms with Crippen LogP contribution in [0.5, 0.6) is 11.5 Å². The van der Waals surface area contributed by atoms with Crippen LogP contribution in [-0.4, -0.2) is 42.5 Å². The van der Waals surface area contributed by atoms with Crippen molar-refractivity contribution in [1.82, 2.24) is 10.2 Å². The molecule has 0 saturated carbocycles. The SMILES string of the molecule is CC[C@@H](C)NC(=O)[C@H](Cc1ccccc1)N(Cc1cccc(OC)c1)C(=O)COc1ccccc1Cl. The van der Waals surface area contributed by atoms with Gasteiger partial charge in [0.25, 0.3) is 5.91 Å². The molecule has 190 valence electrons. The average Bonchev–Trinajstić information content (AvgIpc) is 2.90. The Morgan fingerprint density at radius 1 is 0.972 bits per heavy atom. The largest absolute Gasteiger partial charge is 0.497 e. The van der Waals surface area contributed by atoms with Crippen LogP contribution in [0.3, 0.4) is 0 Å². The Labute approximate surface area is 218 Å². The number of carbonyl (C=O) groups is 2. The minimum atomic E-state index is -0.741. The summed E-state index contributed by atoms with van der Waals surface area (Å²) >= 11 is 6.22. The molecule has 0 aromatic heterocycles. The molecule has 7 heteroatoms. The molecule has 0 aliphatic heterocycles. The quantitative estimate of drug-likeness (QED) is 0.361. The Bertz CT molecular complexity index is 1140. The summed E-state index contributed by atoms with van der Waals surface area (Å²) in [4.78, 5) is 28.7. The van der Waals surface area contributed by atoms with Gasteiger partial charge in [-0.15, -0.1) is 0 Å². The van der Waals surface area contributed by atoms with Gasteiger partial charge in [-0.1, -0.05) is 73.1 Å². The summed E-state index contributed by atoms with van der Waals surface area (Å²) in [5, 5.41) is 3.47. The average molecular weight is 509 g/mol. The fourth-order valence-electron chi connectivity index (χ4n) is 3.75. The summed E-state index contributed by atoms with van der Waals surface area (Å²) in [6.45, 7) is 3.92. The van der Waals surface area contributed by atoms with Crippen molar-refractivity contribution < 1.29 is 19.1 Å². The topological polar surface area (TPSA) is 67.9 Å². The smallest absolute Gasteiger partial charge is 0.261 e. The molecule has 3 rings (SSSR count). The zero-order chi connectivity index (χ0) is 25.9. The second-order valence-electron chi connectivity index (χ2n) is 8.62. The van der Waals surface area contributed by atoms with Gasteiger partial charge in [0.05, 0.1) is 12.1 Å². The normalized spacial score (nSPS) is 12.3. The van der Waals surface area contributed by atoms with Gasteiger partial charge < -0.3 is 19.7 Å². The first-order valence-corrected chi connectivity index (χ1v) is 12.4. The lowest BCUT2D eigenvalue weighted by molar-refractivity contribution is -0.143. The highest BCUT2D eigenvalue weighted by atomic mass is 35.5. The van der Waals surface area contributed by atoms with E-state index in [1.165, 1.54) is 0 Å². The number of hydrogen-bond donors (Lipinski definition) is 1. The maximum absolute atomic E-state index is 13.6. The van der Waals surface area contributed by atoms with E-state index in [2.05, 4.69) is 5.32 Å². The van der Waals surface area contributed by atoms with Crippen molar-refractivity contribution in [3.8, 4) is 11.5 Å². The van der Waals surface area contributed by atoms with Crippen LogP contribution < -0.4 is 14.8 Å². The van der Waals surface area contributed by atoms with Crippen LogP contribution in [0.25, 0.3) is 0 Å². The number of nitrogens with one attached hydrogen (secondary N) is 1. The molecule has 0 saturated heterocycles. The first kappa shape index (κ1) is 27.1. The molecule has 0 heterocycles. The number of benzene rings is 3. The number of para-hydroxylation sites is 1. The highest BCUT2D eigenvalue weighted by Gasteiger charge is 2.31. The number of methoxy groups -OCH3 is 1. The highest BCUT2D eigenvalue weighted by molar-refractivity contribution is 6.32. The van der Waals surface area contributed by atoms with Gasteiger partial charge in [-0.3, -0.25) is 9.59 Å². The Morgan fingerprint density at radius 3 is 2.36 bits per heavy atom. The van der Waals surface area contributed by atoms with E-state index < -0.39 is 6.04 Å². The fraction of sp³-hybridized carbons (Fsp3) is 0.310. The summed E-state index contributed by atoms with van der Waals surface area (Å²) in [6, 6.07) is 23.4. The van der Waals surface area contributed by atoms with Gasteiger partial charge in [-0.05, 0) is 48.7 Å². The van der Waals surface area contributed by atoms with Crippen molar-refractivity contribution in [3.63, 3.8) is 0 Å². The molecular formula is C29H33ClN2O4. The van der Waals surface area contributed by atoms with E-state index in [9.17, 15) is 9.59 Å². The third kappa shape index (κ3) is 7.75. The van der Waals surface area contributed by atoms with Gasteiger partial charge in [0.2, 0.25) is 5.91 Å². The maximum Gasteiger partial charge on any atom is 0.261 e. The van der Waals surface area contributed by atoms with Crippen molar-refractivity contribution in [1.29, 1.82) is 0 Å². The molecule has 2 amide bonds. The minimum Gasteiger partial charge on any atom is -0.497 e. The van der Waals surface area contributed by atoms with E-state index in [0.29, 0.717) is 22.9 Å². The first-order chi connectivity index (χ1) is 17.4. The third-order valence-corrected chi connectivity index (χ3v) is 6.26. The van der Waals surface area contributed by atoms with Crippen LogP contribution >= 0.6 is 11.6 Å². The summed E-state index contributed by atoms with van der Waals surface area (Å²) < 4.78 is 11.1. The lowest BCUT2D eigenvalue weighted by Gasteiger charge is -2.32. The Balaban J connectivity index is 1.94. The minimum absolute atomic E-state index is 0.0241. The molecule has 36 heavy (non-hydrogen) atoms. The Hall–Kier alpha value is -3.51. The monoisotopic (exact) mass is 508 g/mol. The molecule has 0 spiro atoms. The van der Waals surface area contributed by atoms with Gasteiger partial charge in [0.1, 0.15) is 17.5 Å². The summed E-state index contributed by atoms with van der Waals surface area (Å²) in [6.07, 6.45) is 1.15. The van der Waals surface area contributed by atoms with Gasteiger partial charge >= 0.3 is 0 Å². The number of halogens is 1. The second kappa shape index (κ2) is 13.5. The molecule has 0 bridgehead atoms. The molecule has 1 N–H and O–H groups in total. The number of nitrogens with zero attached hydrogens (tertiary/aromatic N) is 1. The molecule has 6 nitrogen and oxygen atoms in total. The molecule has 0 fully saturated rings. The van der Waals surface area contributed by atoms with Crippen LogP contribution in [0.1, 0.15) is 31.4 Å². The lowest BCUT2D eigenvalue weighted by Crippen LogP contribution is -2.53. The molecular weight excluding hydrogens is 476 g/mol. The number of carbonyl (C=O) groups excluding carboxylic acids is 2. The molecule has 0 aliphatic carbocycles. The van der Waals surface area contributed by atoms with Crippen LogP contribution in [0.4, 0.5) is 0 Å². The standard InChI is InChI=1S/C29H33ClN2O4/c1-4-21(2)31-29(34)26(18-22-11-6-5-7-12-22)32(19-23-13-10-14-24(17-23)35-3)28(33)20-36-27-16-9-8-15-25(27)30/h5-17,21,26H,4,18-20H2,1-3H3,(H,31,34)/t21-,26+/m1/s1. The number of rotatable bonds is 12. The van der Waals surface area contributed by atoms with Gasteiger partial charge in [0.15, 0.2) is 6.61 Å². The molecule has 3 aromatic rings. The molecule has 0 unspecified atom stereocenters.